The van der Waals surface area contributed by atoms with Crippen LogP contribution in [-0.2, 0) is 6.42 Å². The number of hydrogen-bond acceptors (Lipinski definition) is 2. The van der Waals surface area contributed by atoms with Gasteiger partial charge < -0.3 is 10.0 Å². The second-order valence-electron chi connectivity index (χ2n) is 4.33. The van der Waals surface area contributed by atoms with Crippen LogP contribution in [0.2, 0.25) is 0 Å². The van der Waals surface area contributed by atoms with Crippen LogP contribution in [0.15, 0.2) is 30.3 Å². The van der Waals surface area contributed by atoms with Crippen LogP contribution in [0.1, 0.15) is 18.4 Å². The number of rotatable bonds is 4. The molecule has 1 aliphatic rings. The fourth-order valence-electron chi connectivity index (χ4n) is 2.17. The van der Waals surface area contributed by atoms with Gasteiger partial charge in [-0.25, -0.2) is 0 Å². The minimum absolute atomic E-state index is 0.0817. The van der Waals surface area contributed by atoms with Gasteiger partial charge in [0.25, 0.3) is 0 Å². The number of nitrogens with zero attached hydrogens (tertiary/aromatic N) is 1. The SMILES string of the molecule is O[C@@H]1CCN(CCCc2ccccc2)C1. The lowest BCUT2D eigenvalue weighted by molar-refractivity contribution is 0.176. The second-order valence-corrected chi connectivity index (χ2v) is 4.33. The summed E-state index contributed by atoms with van der Waals surface area (Å²) in [5.41, 5.74) is 1.41. The van der Waals surface area contributed by atoms with Gasteiger partial charge in [0.15, 0.2) is 0 Å². The normalized spacial score (nSPS) is 22.1. The zero-order valence-electron chi connectivity index (χ0n) is 9.10. The molecule has 1 saturated heterocycles. The Hall–Kier alpha value is -0.860. The molecule has 0 amide bonds. The van der Waals surface area contributed by atoms with E-state index in [-0.39, 0.29) is 6.10 Å². The van der Waals surface area contributed by atoms with Crippen LogP contribution in [0.25, 0.3) is 0 Å². The van der Waals surface area contributed by atoms with E-state index in [4.69, 9.17) is 0 Å². The van der Waals surface area contributed by atoms with Crippen LogP contribution in [0, 0.1) is 0 Å². The molecular weight excluding hydrogens is 186 g/mol. The first-order valence-corrected chi connectivity index (χ1v) is 5.79. The smallest absolute Gasteiger partial charge is 0.0679 e. The summed E-state index contributed by atoms with van der Waals surface area (Å²) in [5.74, 6) is 0. The van der Waals surface area contributed by atoms with Gasteiger partial charge in [-0.3, -0.25) is 0 Å². The summed E-state index contributed by atoms with van der Waals surface area (Å²) in [6.45, 7) is 3.05. The van der Waals surface area contributed by atoms with Crippen molar-refractivity contribution >= 4 is 0 Å². The van der Waals surface area contributed by atoms with Gasteiger partial charge in [0.05, 0.1) is 6.10 Å². The van der Waals surface area contributed by atoms with Crippen molar-refractivity contribution in [2.24, 2.45) is 0 Å². The number of hydrogen-bond donors (Lipinski definition) is 1. The molecule has 1 atom stereocenters. The van der Waals surface area contributed by atoms with Gasteiger partial charge in [-0.1, -0.05) is 30.3 Å². The van der Waals surface area contributed by atoms with Crippen LogP contribution in [0.3, 0.4) is 0 Å². The highest BCUT2D eigenvalue weighted by atomic mass is 16.3. The van der Waals surface area contributed by atoms with Crippen LogP contribution < -0.4 is 0 Å². The van der Waals surface area contributed by atoms with E-state index >= 15 is 0 Å². The van der Waals surface area contributed by atoms with Crippen LogP contribution in [0.5, 0.6) is 0 Å². The minimum Gasteiger partial charge on any atom is -0.392 e. The van der Waals surface area contributed by atoms with Crippen LogP contribution >= 0.6 is 0 Å². The fraction of sp³-hybridized carbons (Fsp3) is 0.538. The Morgan fingerprint density at radius 1 is 1.27 bits per heavy atom. The lowest BCUT2D eigenvalue weighted by atomic mass is 10.1. The number of aryl methyl sites for hydroxylation is 1. The summed E-state index contributed by atoms with van der Waals surface area (Å²) in [7, 11) is 0. The van der Waals surface area contributed by atoms with E-state index in [0.717, 1.165) is 32.5 Å². The Morgan fingerprint density at radius 3 is 2.73 bits per heavy atom. The van der Waals surface area contributed by atoms with Gasteiger partial charge in [0.2, 0.25) is 0 Å². The molecule has 2 heteroatoms. The summed E-state index contributed by atoms with van der Waals surface area (Å²) in [5, 5.41) is 9.37. The van der Waals surface area contributed by atoms with Crippen molar-refractivity contribution in [2.45, 2.75) is 25.4 Å². The number of β-amino-alcohol motifs (C(OH)–C–C–N with tert-alkyl or cyclic N) is 1. The third kappa shape index (κ3) is 3.33. The molecule has 0 radical (unpaired) electrons. The van der Waals surface area contributed by atoms with Gasteiger partial charge in [0, 0.05) is 13.1 Å². The molecular formula is C13H19NO. The fourth-order valence-corrected chi connectivity index (χ4v) is 2.17. The van der Waals surface area contributed by atoms with Crippen molar-refractivity contribution in [3.05, 3.63) is 35.9 Å². The monoisotopic (exact) mass is 205 g/mol. The van der Waals surface area contributed by atoms with Gasteiger partial charge in [0.1, 0.15) is 0 Å². The molecule has 1 heterocycles. The molecule has 1 fully saturated rings. The summed E-state index contributed by atoms with van der Waals surface area (Å²) < 4.78 is 0. The topological polar surface area (TPSA) is 23.5 Å². The summed E-state index contributed by atoms with van der Waals surface area (Å²) >= 11 is 0. The molecule has 1 aromatic carbocycles. The summed E-state index contributed by atoms with van der Waals surface area (Å²) in [6.07, 6.45) is 3.21. The molecule has 1 N–H and O–H groups in total. The second kappa shape index (κ2) is 5.29. The zero-order valence-corrected chi connectivity index (χ0v) is 9.10. The maximum absolute atomic E-state index is 9.37. The van der Waals surface area contributed by atoms with Gasteiger partial charge in [-0.15, -0.1) is 0 Å². The first kappa shape index (κ1) is 10.7. The Kier molecular flexibility index (Phi) is 3.75. The molecule has 82 valence electrons. The third-order valence-electron chi connectivity index (χ3n) is 3.03. The van der Waals surface area contributed by atoms with Crippen LogP contribution in [-0.4, -0.2) is 35.7 Å². The van der Waals surface area contributed by atoms with Crippen molar-refractivity contribution in [3.8, 4) is 0 Å². The Morgan fingerprint density at radius 2 is 2.07 bits per heavy atom. The molecule has 0 aromatic heterocycles. The quantitative estimate of drug-likeness (QED) is 0.808. The van der Waals surface area contributed by atoms with E-state index in [9.17, 15) is 5.11 Å². The predicted octanol–water partition coefficient (Wildman–Crippen LogP) is 1.69. The Bertz CT molecular complexity index is 286. The number of benzene rings is 1. The molecule has 15 heavy (non-hydrogen) atoms. The summed E-state index contributed by atoms with van der Waals surface area (Å²) in [4.78, 5) is 2.35. The molecule has 0 bridgehead atoms. The van der Waals surface area contributed by atoms with E-state index < -0.39 is 0 Å². The average molecular weight is 205 g/mol. The third-order valence-corrected chi connectivity index (χ3v) is 3.03. The lowest BCUT2D eigenvalue weighted by Crippen LogP contribution is -2.23. The molecule has 1 aromatic rings. The van der Waals surface area contributed by atoms with E-state index in [2.05, 4.69) is 35.2 Å². The first-order valence-electron chi connectivity index (χ1n) is 5.79. The maximum Gasteiger partial charge on any atom is 0.0679 e. The van der Waals surface area contributed by atoms with E-state index in [0.29, 0.717) is 0 Å². The maximum atomic E-state index is 9.37. The van der Waals surface area contributed by atoms with Gasteiger partial charge in [-0.05, 0) is 31.4 Å². The lowest BCUT2D eigenvalue weighted by Gasteiger charge is -2.14. The number of aliphatic hydroxyl groups is 1. The minimum atomic E-state index is -0.0817. The molecule has 0 unspecified atom stereocenters. The molecule has 2 nitrogen and oxygen atoms in total. The Labute approximate surface area is 91.5 Å². The first-order chi connectivity index (χ1) is 7.34. The van der Waals surface area contributed by atoms with Crippen molar-refractivity contribution in [2.75, 3.05) is 19.6 Å². The zero-order chi connectivity index (χ0) is 10.5. The van der Waals surface area contributed by atoms with Crippen molar-refractivity contribution < 1.29 is 5.11 Å². The molecule has 1 aliphatic heterocycles. The van der Waals surface area contributed by atoms with Crippen molar-refractivity contribution in [3.63, 3.8) is 0 Å². The Balaban J connectivity index is 1.67. The predicted molar refractivity (Wildman–Crippen MR) is 61.8 cm³/mol. The molecule has 0 aliphatic carbocycles. The highest BCUT2D eigenvalue weighted by molar-refractivity contribution is 5.14. The van der Waals surface area contributed by atoms with Gasteiger partial charge in [-0.2, -0.15) is 0 Å². The van der Waals surface area contributed by atoms with Crippen molar-refractivity contribution in [1.82, 2.24) is 4.90 Å². The van der Waals surface area contributed by atoms with E-state index in [1.165, 1.54) is 12.0 Å². The number of likely N-dealkylation sites (tertiary alicyclic amines) is 1. The highest BCUT2D eigenvalue weighted by Crippen LogP contribution is 2.10. The summed E-state index contributed by atoms with van der Waals surface area (Å²) in [6, 6.07) is 10.6. The standard InChI is InChI=1S/C13H19NO/c15-13-8-10-14(11-13)9-4-7-12-5-2-1-3-6-12/h1-3,5-6,13,15H,4,7-11H2/t13-/m1/s1. The number of aliphatic hydroxyl groups excluding tert-OH is 1. The molecule has 0 spiro atoms. The largest absolute Gasteiger partial charge is 0.392 e. The van der Waals surface area contributed by atoms with E-state index in [1.54, 1.807) is 0 Å². The van der Waals surface area contributed by atoms with Gasteiger partial charge >= 0.3 is 0 Å². The molecule has 2 rings (SSSR count). The molecule has 0 saturated carbocycles. The van der Waals surface area contributed by atoms with Crippen molar-refractivity contribution in [1.29, 1.82) is 0 Å². The highest BCUT2D eigenvalue weighted by Gasteiger charge is 2.18. The van der Waals surface area contributed by atoms with E-state index in [1.807, 2.05) is 0 Å². The van der Waals surface area contributed by atoms with Crippen LogP contribution in [0.4, 0.5) is 0 Å². The average Bonchev–Trinajstić information content (AvgIpc) is 2.66.